The maximum Gasteiger partial charge on any atom is 0.317 e. The van der Waals surface area contributed by atoms with Gasteiger partial charge in [-0.05, 0) is 42.3 Å². The van der Waals surface area contributed by atoms with Crippen molar-refractivity contribution in [2.24, 2.45) is 0 Å². The summed E-state index contributed by atoms with van der Waals surface area (Å²) >= 11 is 0. The predicted molar refractivity (Wildman–Crippen MR) is 180 cm³/mol. The highest BCUT2D eigenvalue weighted by molar-refractivity contribution is 8.76. The van der Waals surface area contributed by atoms with Crippen LogP contribution in [0.5, 0.6) is 0 Å². The molecule has 2 rings (SSSR count). The van der Waals surface area contributed by atoms with E-state index in [9.17, 15) is 39.3 Å². The lowest BCUT2D eigenvalue weighted by molar-refractivity contribution is -0.140. The highest BCUT2D eigenvalue weighted by atomic mass is 33.1. The van der Waals surface area contributed by atoms with E-state index in [1.165, 1.54) is 10.8 Å². The standard InChI is InChI=1S/C30H49N7O8S2/c38-25(31-10-11-32-26(39)8-21-46-47-27-7-3-4-9-33-27)6-2-1-5-12-34-13-15-35(22-28(40)41)17-19-37(24-30(44)45)20-18-36(16-14-34)23-29(42)43/h3-4,7,9H,1-2,5-6,8,10-24H2,(H,31,38)(H,32,39)(H,40,41)(H,42,43)(H,44,45). The molecule has 17 heteroatoms. The molecule has 5 N–H and O–H groups in total. The Hall–Kier alpha value is -2.96. The number of unbranched alkanes of at least 4 members (excludes halogenated alkanes) is 2. The number of pyridine rings is 1. The second-order valence-electron chi connectivity index (χ2n) is 11.2. The quantitative estimate of drug-likeness (QED) is 0.0931. The first-order chi connectivity index (χ1) is 22.6. The molecular weight excluding hydrogens is 651 g/mol. The van der Waals surface area contributed by atoms with E-state index in [0.717, 1.165) is 24.4 Å². The Kier molecular flexibility index (Phi) is 20.7. The molecule has 0 radical (unpaired) electrons. The molecule has 47 heavy (non-hydrogen) atoms. The Morgan fingerprint density at radius 3 is 1.62 bits per heavy atom. The zero-order valence-electron chi connectivity index (χ0n) is 26.9. The molecule has 0 unspecified atom stereocenters. The number of hydrogen-bond donors (Lipinski definition) is 5. The van der Waals surface area contributed by atoms with Crippen LogP contribution in [-0.4, -0.2) is 167 Å². The van der Waals surface area contributed by atoms with E-state index >= 15 is 0 Å². The summed E-state index contributed by atoms with van der Waals surface area (Å²) in [6.07, 6.45) is 4.83. The van der Waals surface area contributed by atoms with Crippen molar-refractivity contribution in [3.8, 4) is 0 Å². The molecule has 2 heterocycles. The van der Waals surface area contributed by atoms with Crippen LogP contribution in [0.1, 0.15) is 32.1 Å². The number of aromatic nitrogens is 1. The third-order valence-electron chi connectivity index (χ3n) is 7.35. The van der Waals surface area contributed by atoms with Gasteiger partial charge in [0.05, 0.1) is 19.6 Å². The van der Waals surface area contributed by atoms with Crippen LogP contribution < -0.4 is 10.6 Å². The van der Waals surface area contributed by atoms with Crippen LogP contribution in [0.15, 0.2) is 29.4 Å². The fourth-order valence-electron chi connectivity index (χ4n) is 4.86. The van der Waals surface area contributed by atoms with Crippen LogP contribution >= 0.6 is 21.6 Å². The summed E-state index contributed by atoms with van der Waals surface area (Å²) in [5.41, 5.74) is 0. The summed E-state index contributed by atoms with van der Waals surface area (Å²) in [7, 11) is 3.10. The second-order valence-corrected chi connectivity index (χ2v) is 13.6. The molecular formula is C30H49N7O8S2. The second kappa shape index (κ2) is 24.2. The first-order valence-electron chi connectivity index (χ1n) is 15.9. The van der Waals surface area contributed by atoms with E-state index in [1.807, 2.05) is 18.2 Å². The van der Waals surface area contributed by atoms with Crippen molar-refractivity contribution in [3.63, 3.8) is 0 Å². The van der Waals surface area contributed by atoms with Crippen LogP contribution in [-0.2, 0) is 24.0 Å². The number of carbonyl (C=O) groups excluding carboxylic acids is 2. The normalized spacial score (nSPS) is 16.1. The third kappa shape index (κ3) is 20.8. The molecule has 0 aliphatic carbocycles. The number of amides is 2. The minimum Gasteiger partial charge on any atom is -0.480 e. The Bertz CT molecular complexity index is 1070. The van der Waals surface area contributed by atoms with Crippen LogP contribution in [0.3, 0.4) is 0 Å². The molecule has 1 aliphatic heterocycles. The van der Waals surface area contributed by atoms with Crippen molar-refractivity contribution in [1.82, 2.24) is 35.2 Å². The summed E-state index contributed by atoms with van der Waals surface area (Å²) in [5.74, 6) is -2.37. The van der Waals surface area contributed by atoms with Crippen molar-refractivity contribution in [1.29, 1.82) is 0 Å². The number of nitrogens with one attached hydrogen (secondary N) is 2. The third-order valence-corrected chi connectivity index (χ3v) is 9.62. The number of aliphatic carboxylic acids is 3. The van der Waals surface area contributed by atoms with Crippen LogP contribution in [0, 0.1) is 0 Å². The lowest BCUT2D eigenvalue weighted by Crippen LogP contribution is -2.48. The first kappa shape index (κ1) is 40.2. The van der Waals surface area contributed by atoms with Gasteiger partial charge in [-0.15, -0.1) is 0 Å². The monoisotopic (exact) mass is 699 g/mol. The molecule has 15 nitrogen and oxygen atoms in total. The lowest BCUT2D eigenvalue weighted by Gasteiger charge is -2.33. The van der Waals surface area contributed by atoms with Crippen molar-refractivity contribution < 1.29 is 39.3 Å². The van der Waals surface area contributed by atoms with Gasteiger partial charge in [0.25, 0.3) is 0 Å². The zero-order valence-corrected chi connectivity index (χ0v) is 28.5. The topological polar surface area (TPSA) is 196 Å². The molecule has 0 saturated carbocycles. The van der Waals surface area contributed by atoms with Gasteiger partial charge in [-0.3, -0.25) is 38.7 Å². The first-order valence-corrected chi connectivity index (χ1v) is 18.2. The van der Waals surface area contributed by atoms with Gasteiger partial charge < -0.3 is 30.9 Å². The van der Waals surface area contributed by atoms with Crippen molar-refractivity contribution in [2.75, 3.05) is 97.4 Å². The summed E-state index contributed by atoms with van der Waals surface area (Å²) in [6, 6.07) is 5.69. The Labute approximate surface area is 284 Å². The Balaban J connectivity index is 1.68. The van der Waals surface area contributed by atoms with E-state index in [1.54, 1.807) is 31.7 Å². The van der Waals surface area contributed by atoms with E-state index in [-0.39, 0.29) is 31.4 Å². The van der Waals surface area contributed by atoms with Gasteiger partial charge in [-0.25, -0.2) is 4.98 Å². The average Bonchev–Trinajstić information content (AvgIpc) is 3.02. The largest absolute Gasteiger partial charge is 0.480 e. The van der Waals surface area contributed by atoms with Gasteiger partial charge in [-0.2, -0.15) is 0 Å². The number of hydrogen-bond acceptors (Lipinski definition) is 12. The number of rotatable bonds is 20. The predicted octanol–water partition coefficient (Wildman–Crippen LogP) is 0.480. The molecule has 2 amide bonds. The molecule has 0 spiro atoms. The maximum atomic E-state index is 12.3. The van der Waals surface area contributed by atoms with Gasteiger partial charge in [0.15, 0.2) is 0 Å². The maximum absolute atomic E-state index is 12.3. The molecule has 0 atom stereocenters. The van der Waals surface area contributed by atoms with Crippen molar-refractivity contribution in [3.05, 3.63) is 24.4 Å². The van der Waals surface area contributed by atoms with E-state index in [2.05, 4.69) is 20.5 Å². The average molecular weight is 700 g/mol. The molecule has 0 aromatic carbocycles. The van der Waals surface area contributed by atoms with Gasteiger partial charge >= 0.3 is 17.9 Å². The molecule has 0 bridgehead atoms. The molecule has 1 aromatic heterocycles. The van der Waals surface area contributed by atoms with Gasteiger partial charge in [-0.1, -0.05) is 23.3 Å². The SMILES string of the molecule is O=C(O)CN1CCN(CCCCCC(=O)NCCNC(=O)CCSSc2ccccn2)CCN(CC(=O)O)CCN(CC(=O)O)CC1. The van der Waals surface area contributed by atoms with Gasteiger partial charge in [0, 0.05) is 90.2 Å². The van der Waals surface area contributed by atoms with Gasteiger partial charge in [0.1, 0.15) is 5.03 Å². The Morgan fingerprint density at radius 2 is 1.15 bits per heavy atom. The van der Waals surface area contributed by atoms with Gasteiger partial charge in [0.2, 0.25) is 11.8 Å². The fraction of sp³-hybridized carbons (Fsp3) is 0.667. The molecule has 264 valence electrons. The summed E-state index contributed by atoms with van der Waals surface area (Å²) in [4.78, 5) is 70.2. The number of carboxylic acids is 3. The molecule has 1 aliphatic rings. The van der Waals surface area contributed by atoms with Crippen LogP contribution in [0.4, 0.5) is 0 Å². The van der Waals surface area contributed by atoms with Crippen LogP contribution in [0.2, 0.25) is 0 Å². The lowest BCUT2D eigenvalue weighted by atomic mass is 10.1. The number of nitrogens with zero attached hydrogens (tertiary/aromatic N) is 5. The van der Waals surface area contributed by atoms with Crippen LogP contribution in [0.25, 0.3) is 0 Å². The molecule has 1 fully saturated rings. The highest BCUT2D eigenvalue weighted by Gasteiger charge is 2.20. The molecule has 1 saturated heterocycles. The highest BCUT2D eigenvalue weighted by Crippen LogP contribution is 2.29. The van der Waals surface area contributed by atoms with Crippen molar-refractivity contribution in [2.45, 2.75) is 37.1 Å². The molecule has 1 aromatic rings. The summed E-state index contributed by atoms with van der Waals surface area (Å²) in [5, 5.41) is 34.6. The number of carboxylic acid groups (broad SMARTS) is 3. The zero-order chi connectivity index (χ0) is 34.3. The Morgan fingerprint density at radius 1 is 0.660 bits per heavy atom. The summed E-state index contributed by atoms with van der Waals surface area (Å²) in [6.45, 7) is 4.58. The minimum atomic E-state index is -0.989. The minimum absolute atomic E-state index is 0.0626. The summed E-state index contributed by atoms with van der Waals surface area (Å²) < 4.78 is 0. The fourth-order valence-corrected chi connectivity index (χ4v) is 6.73. The van der Waals surface area contributed by atoms with E-state index in [0.29, 0.717) is 90.5 Å². The van der Waals surface area contributed by atoms with Crippen molar-refractivity contribution >= 4 is 51.3 Å². The smallest absolute Gasteiger partial charge is 0.317 e. The van der Waals surface area contributed by atoms with E-state index in [4.69, 9.17) is 0 Å². The number of carbonyl (C=O) groups is 5. The van der Waals surface area contributed by atoms with E-state index < -0.39 is 17.9 Å².